The quantitative estimate of drug-likeness (QED) is 0.736. The number of nitrogens with zero attached hydrogens (tertiary/aromatic N) is 4. The van der Waals surface area contributed by atoms with E-state index in [4.69, 9.17) is 5.11 Å². The predicted octanol–water partition coefficient (Wildman–Crippen LogP) is -0.334. The van der Waals surface area contributed by atoms with Crippen LogP contribution in [0.25, 0.3) is 5.95 Å². The van der Waals surface area contributed by atoms with Gasteiger partial charge < -0.3 is 5.11 Å². The maximum Gasteiger partial charge on any atom is 0.354 e. The van der Waals surface area contributed by atoms with Crippen molar-refractivity contribution < 1.29 is 9.90 Å². The lowest BCUT2D eigenvalue weighted by atomic mass is 10.4. The maximum atomic E-state index is 11.4. The van der Waals surface area contributed by atoms with Crippen molar-refractivity contribution in [1.29, 1.82) is 0 Å². The van der Waals surface area contributed by atoms with E-state index in [1.807, 2.05) is 0 Å². The smallest absolute Gasteiger partial charge is 0.354 e. The molecule has 8 nitrogen and oxygen atoms in total. The lowest BCUT2D eigenvalue weighted by Crippen LogP contribution is -2.20. The van der Waals surface area contributed by atoms with Crippen molar-refractivity contribution in [3.8, 4) is 5.95 Å². The topological polar surface area (TPSA) is 114 Å². The fraction of sp³-hybridized carbons (Fsp3) is 0.222. The number of aromatic carboxylic acids is 1. The van der Waals surface area contributed by atoms with Gasteiger partial charge >= 0.3 is 5.97 Å². The second-order valence-electron chi connectivity index (χ2n) is 3.45. The third-order valence-corrected chi connectivity index (χ3v) is 2.10. The first-order valence-electron chi connectivity index (χ1n) is 4.73. The highest BCUT2D eigenvalue weighted by molar-refractivity contribution is 5.86. The van der Waals surface area contributed by atoms with Gasteiger partial charge in [-0.1, -0.05) is 0 Å². The minimum absolute atomic E-state index is 0.0221. The molecule has 0 saturated carbocycles. The number of aromatic amines is 1. The molecule has 0 atom stereocenters. The van der Waals surface area contributed by atoms with Gasteiger partial charge in [-0.3, -0.25) is 9.78 Å². The first-order valence-corrected chi connectivity index (χ1v) is 4.73. The summed E-state index contributed by atoms with van der Waals surface area (Å²) < 4.78 is 1.03. The molecule has 0 aromatic carbocycles. The van der Waals surface area contributed by atoms with Crippen LogP contribution in [0, 0.1) is 13.8 Å². The van der Waals surface area contributed by atoms with Gasteiger partial charge in [-0.25, -0.2) is 4.79 Å². The molecule has 0 bridgehead atoms. The van der Waals surface area contributed by atoms with Crippen LogP contribution in [0.4, 0.5) is 0 Å². The van der Waals surface area contributed by atoms with Gasteiger partial charge in [0.15, 0.2) is 5.69 Å². The summed E-state index contributed by atoms with van der Waals surface area (Å²) in [7, 11) is 0. The van der Waals surface area contributed by atoms with Crippen LogP contribution < -0.4 is 5.56 Å². The molecule has 0 spiro atoms. The molecular weight excluding hydrogens is 226 g/mol. The van der Waals surface area contributed by atoms with Gasteiger partial charge in [0.25, 0.3) is 11.5 Å². The molecule has 0 aliphatic heterocycles. The van der Waals surface area contributed by atoms with Crippen molar-refractivity contribution in [2.24, 2.45) is 0 Å². The van der Waals surface area contributed by atoms with E-state index < -0.39 is 11.5 Å². The monoisotopic (exact) mass is 235 g/mol. The molecule has 0 aliphatic rings. The summed E-state index contributed by atoms with van der Waals surface area (Å²) in [5.74, 6) is -1.18. The van der Waals surface area contributed by atoms with E-state index in [1.54, 1.807) is 6.92 Å². The number of hydrogen-bond donors (Lipinski definition) is 2. The third kappa shape index (κ3) is 1.92. The van der Waals surface area contributed by atoms with Crippen LogP contribution in [0.2, 0.25) is 0 Å². The minimum Gasteiger partial charge on any atom is -0.477 e. The average molecular weight is 235 g/mol. The summed E-state index contributed by atoms with van der Waals surface area (Å²) in [5.41, 5.74) is 0.191. The van der Waals surface area contributed by atoms with E-state index in [1.165, 1.54) is 13.0 Å². The molecule has 2 aromatic heterocycles. The van der Waals surface area contributed by atoms with E-state index in [-0.39, 0.29) is 17.3 Å². The molecule has 0 saturated heterocycles. The molecule has 0 radical (unpaired) electrons. The maximum absolute atomic E-state index is 11.4. The first-order chi connectivity index (χ1) is 7.99. The Bertz CT molecular complexity index is 642. The molecule has 8 heteroatoms. The van der Waals surface area contributed by atoms with Gasteiger partial charge in [0.05, 0.1) is 5.69 Å². The molecule has 88 valence electrons. The van der Waals surface area contributed by atoms with Gasteiger partial charge in [-0.2, -0.15) is 9.78 Å². The molecule has 17 heavy (non-hydrogen) atoms. The standard InChI is InChI=1S/C9H9N5O3/c1-4-3-6(8(16)17)14(13-4)9-10-7(15)5(2)11-12-9/h3H,1-2H3,(H,16,17)(H,10,12,15). The fourth-order valence-corrected chi connectivity index (χ4v) is 1.29. The molecule has 2 heterocycles. The lowest BCUT2D eigenvalue weighted by Gasteiger charge is -2.01. The van der Waals surface area contributed by atoms with Gasteiger partial charge in [0, 0.05) is 0 Å². The molecule has 0 aliphatic carbocycles. The van der Waals surface area contributed by atoms with Crippen molar-refractivity contribution in [3.63, 3.8) is 0 Å². The van der Waals surface area contributed by atoms with Crippen LogP contribution >= 0.6 is 0 Å². The zero-order chi connectivity index (χ0) is 12.6. The number of hydrogen-bond acceptors (Lipinski definition) is 5. The summed E-state index contributed by atoms with van der Waals surface area (Å²) >= 11 is 0. The number of carbonyl (C=O) groups is 1. The molecule has 0 amide bonds. The number of rotatable bonds is 2. The van der Waals surface area contributed by atoms with Crippen LogP contribution in [0.15, 0.2) is 10.9 Å². The van der Waals surface area contributed by atoms with Crippen molar-refractivity contribution in [2.45, 2.75) is 13.8 Å². The van der Waals surface area contributed by atoms with E-state index >= 15 is 0 Å². The Morgan fingerprint density at radius 2 is 2.12 bits per heavy atom. The molecule has 0 fully saturated rings. The second-order valence-corrected chi connectivity index (χ2v) is 3.45. The van der Waals surface area contributed by atoms with Crippen molar-refractivity contribution in [3.05, 3.63) is 33.5 Å². The van der Waals surface area contributed by atoms with Gasteiger partial charge in [-0.05, 0) is 19.9 Å². The zero-order valence-electron chi connectivity index (χ0n) is 9.13. The van der Waals surface area contributed by atoms with Crippen molar-refractivity contribution >= 4 is 5.97 Å². The van der Waals surface area contributed by atoms with Crippen molar-refractivity contribution in [2.75, 3.05) is 0 Å². The van der Waals surface area contributed by atoms with Crippen LogP contribution in [0.1, 0.15) is 21.9 Å². The average Bonchev–Trinajstić information content (AvgIpc) is 2.64. The Morgan fingerprint density at radius 3 is 2.71 bits per heavy atom. The summed E-state index contributed by atoms with van der Waals surface area (Å²) in [6.07, 6.45) is 0. The number of aryl methyl sites for hydroxylation is 2. The van der Waals surface area contributed by atoms with Crippen molar-refractivity contribution in [1.82, 2.24) is 25.0 Å². The number of nitrogens with one attached hydrogen (secondary N) is 1. The summed E-state index contributed by atoms with van der Waals surface area (Å²) in [6, 6.07) is 1.38. The number of H-pyrrole nitrogens is 1. The number of carboxylic acid groups (broad SMARTS) is 1. The molecule has 2 rings (SSSR count). The Hall–Kier alpha value is -2.51. The highest BCUT2D eigenvalue weighted by Gasteiger charge is 2.16. The molecule has 2 aromatic rings. The van der Waals surface area contributed by atoms with Gasteiger partial charge in [0.1, 0.15) is 5.69 Å². The van der Waals surface area contributed by atoms with Crippen LogP contribution in [-0.2, 0) is 0 Å². The first kappa shape index (κ1) is 11.0. The molecule has 2 N–H and O–H groups in total. The minimum atomic E-state index is -1.16. The van der Waals surface area contributed by atoms with E-state index in [2.05, 4.69) is 20.3 Å². The van der Waals surface area contributed by atoms with Gasteiger partial charge in [-0.15, -0.1) is 10.2 Å². The van der Waals surface area contributed by atoms with Crippen LogP contribution in [-0.4, -0.2) is 36.0 Å². The van der Waals surface area contributed by atoms with E-state index in [0.717, 1.165) is 4.68 Å². The fourth-order valence-electron chi connectivity index (χ4n) is 1.29. The molecular formula is C9H9N5O3. The van der Waals surface area contributed by atoms with Crippen LogP contribution in [0.3, 0.4) is 0 Å². The Morgan fingerprint density at radius 1 is 1.41 bits per heavy atom. The number of carboxylic acids is 1. The molecule has 0 unspecified atom stereocenters. The normalized spacial score (nSPS) is 10.5. The van der Waals surface area contributed by atoms with E-state index in [9.17, 15) is 9.59 Å². The Kier molecular flexibility index (Phi) is 2.47. The lowest BCUT2D eigenvalue weighted by molar-refractivity contribution is 0.0686. The number of aromatic nitrogens is 5. The second kappa shape index (κ2) is 3.81. The van der Waals surface area contributed by atoms with E-state index in [0.29, 0.717) is 5.69 Å². The summed E-state index contributed by atoms with van der Waals surface area (Å²) in [6.45, 7) is 3.14. The largest absolute Gasteiger partial charge is 0.477 e. The Labute approximate surface area is 94.9 Å². The summed E-state index contributed by atoms with van der Waals surface area (Å²) in [4.78, 5) is 24.7. The SMILES string of the molecule is Cc1cc(C(=O)O)n(-c2nnc(C)c(=O)[nH]2)n1. The predicted molar refractivity (Wildman–Crippen MR) is 56.2 cm³/mol. The Balaban J connectivity index is 2.63. The highest BCUT2D eigenvalue weighted by Crippen LogP contribution is 2.07. The highest BCUT2D eigenvalue weighted by atomic mass is 16.4. The third-order valence-electron chi connectivity index (χ3n) is 2.10. The van der Waals surface area contributed by atoms with Gasteiger partial charge in [0.2, 0.25) is 0 Å². The summed E-state index contributed by atoms with van der Waals surface area (Å²) in [5, 5.41) is 20.2. The van der Waals surface area contributed by atoms with Crippen LogP contribution in [0.5, 0.6) is 0 Å². The zero-order valence-corrected chi connectivity index (χ0v) is 9.13.